The molecule has 0 saturated carbocycles. The Morgan fingerprint density at radius 3 is 2.95 bits per heavy atom. The highest BCUT2D eigenvalue weighted by molar-refractivity contribution is 4.88. The molecule has 0 amide bonds. The molecular weight excluding hydrogens is 254 g/mol. The van der Waals surface area contributed by atoms with Crippen molar-refractivity contribution in [1.82, 2.24) is 25.2 Å². The first-order valence-electron chi connectivity index (χ1n) is 7.24. The Hall–Kier alpha value is -1.69. The molecule has 0 bridgehead atoms. The molecule has 1 N–H and O–H groups in total. The Bertz CT molecular complexity index is 493. The van der Waals surface area contributed by atoms with Crippen molar-refractivity contribution in [1.29, 1.82) is 0 Å². The van der Waals surface area contributed by atoms with Crippen LogP contribution in [0.5, 0.6) is 0 Å². The van der Waals surface area contributed by atoms with Gasteiger partial charge < -0.3 is 9.84 Å². The summed E-state index contributed by atoms with van der Waals surface area (Å²) in [5, 5.41) is 11.6. The first kappa shape index (κ1) is 14.7. The monoisotopic (exact) mass is 277 g/mol. The Labute approximate surface area is 119 Å². The Balaban J connectivity index is 1.81. The van der Waals surface area contributed by atoms with Gasteiger partial charge in [-0.05, 0) is 26.3 Å². The van der Waals surface area contributed by atoms with E-state index in [2.05, 4.69) is 41.3 Å². The summed E-state index contributed by atoms with van der Waals surface area (Å²) in [5.41, 5.74) is 0. The maximum Gasteiger partial charge on any atom is 0.240 e. The summed E-state index contributed by atoms with van der Waals surface area (Å²) in [4.78, 5) is 4.38. The third kappa shape index (κ3) is 3.90. The summed E-state index contributed by atoms with van der Waals surface area (Å²) in [6.07, 6.45) is 6.89. The van der Waals surface area contributed by atoms with Gasteiger partial charge in [-0.3, -0.25) is 4.68 Å². The third-order valence-electron chi connectivity index (χ3n) is 3.51. The minimum absolute atomic E-state index is 0.265. The second kappa shape index (κ2) is 7.19. The van der Waals surface area contributed by atoms with E-state index in [-0.39, 0.29) is 12.1 Å². The summed E-state index contributed by atoms with van der Waals surface area (Å²) in [7, 11) is 0. The highest BCUT2D eigenvalue weighted by Crippen LogP contribution is 2.10. The lowest BCUT2D eigenvalue weighted by molar-refractivity contribution is 0.323. The zero-order valence-corrected chi connectivity index (χ0v) is 12.4. The number of aromatic nitrogens is 4. The van der Waals surface area contributed by atoms with Crippen LogP contribution in [0.25, 0.3) is 0 Å². The smallest absolute Gasteiger partial charge is 0.240 e. The molecule has 6 heteroatoms. The van der Waals surface area contributed by atoms with Gasteiger partial charge in [-0.25, -0.2) is 0 Å². The van der Waals surface area contributed by atoms with Crippen LogP contribution in [0.3, 0.4) is 0 Å². The first-order valence-corrected chi connectivity index (χ1v) is 7.24. The molecule has 110 valence electrons. The third-order valence-corrected chi connectivity index (χ3v) is 3.51. The SMILES string of the molecule is CCCCc1noc(CN[C@@H](C)[C@@H](C)n2cccn2)n1. The van der Waals surface area contributed by atoms with E-state index in [4.69, 9.17) is 4.52 Å². The van der Waals surface area contributed by atoms with Gasteiger partial charge in [-0.1, -0.05) is 18.5 Å². The lowest BCUT2D eigenvalue weighted by Crippen LogP contribution is -2.33. The van der Waals surface area contributed by atoms with Crippen molar-refractivity contribution in [3.63, 3.8) is 0 Å². The summed E-state index contributed by atoms with van der Waals surface area (Å²) in [6, 6.07) is 2.47. The summed E-state index contributed by atoms with van der Waals surface area (Å²) in [5.74, 6) is 1.45. The zero-order chi connectivity index (χ0) is 14.4. The number of hydrogen-bond donors (Lipinski definition) is 1. The average molecular weight is 277 g/mol. The molecule has 0 fully saturated rings. The summed E-state index contributed by atoms with van der Waals surface area (Å²) in [6.45, 7) is 7.00. The van der Waals surface area contributed by atoms with Crippen LogP contribution in [0.4, 0.5) is 0 Å². The van der Waals surface area contributed by atoms with Crippen molar-refractivity contribution in [3.05, 3.63) is 30.2 Å². The molecule has 0 aliphatic rings. The van der Waals surface area contributed by atoms with Gasteiger partial charge >= 0.3 is 0 Å². The minimum atomic E-state index is 0.265. The standard InChI is InChI=1S/C14H23N5O/c1-4-5-7-13-17-14(20-18-13)10-15-11(2)12(3)19-9-6-8-16-19/h6,8-9,11-12,15H,4-5,7,10H2,1-3H3/t11-,12+/m0/s1. The predicted molar refractivity (Wildman–Crippen MR) is 76.1 cm³/mol. The number of aryl methyl sites for hydroxylation is 1. The lowest BCUT2D eigenvalue weighted by Gasteiger charge is -2.20. The van der Waals surface area contributed by atoms with E-state index in [1.54, 1.807) is 6.20 Å². The molecule has 2 heterocycles. The average Bonchev–Trinajstić information content (AvgIpc) is 3.13. The zero-order valence-electron chi connectivity index (χ0n) is 12.4. The molecule has 2 rings (SSSR count). The van der Waals surface area contributed by atoms with Gasteiger partial charge in [0.15, 0.2) is 5.82 Å². The van der Waals surface area contributed by atoms with Gasteiger partial charge in [0.2, 0.25) is 5.89 Å². The second-order valence-corrected chi connectivity index (χ2v) is 5.10. The van der Waals surface area contributed by atoms with E-state index >= 15 is 0 Å². The normalized spacial score (nSPS) is 14.3. The quantitative estimate of drug-likeness (QED) is 0.802. The number of unbranched alkanes of at least 4 members (excludes halogenated alkanes) is 1. The van der Waals surface area contributed by atoms with Crippen LogP contribution in [-0.2, 0) is 13.0 Å². The van der Waals surface area contributed by atoms with Gasteiger partial charge in [-0.2, -0.15) is 10.1 Å². The van der Waals surface area contributed by atoms with Gasteiger partial charge in [-0.15, -0.1) is 0 Å². The molecular formula is C14H23N5O. The van der Waals surface area contributed by atoms with E-state index in [1.807, 2.05) is 16.9 Å². The van der Waals surface area contributed by atoms with Crippen LogP contribution < -0.4 is 5.32 Å². The summed E-state index contributed by atoms with van der Waals surface area (Å²) < 4.78 is 7.18. The van der Waals surface area contributed by atoms with Crippen LogP contribution in [0, 0.1) is 0 Å². The van der Waals surface area contributed by atoms with Crippen LogP contribution >= 0.6 is 0 Å². The molecule has 0 aromatic carbocycles. The van der Waals surface area contributed by atoms with E-state index in [9.17, 15) is 0 Å². The number of rotatable bonds is 8. The molecule has 0 aliphatic carbocycles. The van der Waals surface area contributed by atoms with Gasteiger partial charge in [0, 0.05) is 24.9 Å². The van der Waals surface area contributed by atoms with E-state index < -0.39 is 0 Å². The molecule has 20 heavy (non-hydrogen) atoms. The number of hydrogen-bond acceptors (Lipinski definition) is 5. The lowest BCUT2D eigenvalue weighted by atomic mass is 10.2. The molecule has 2 aromatic heterocycles. The maximum absolute atomic E-state index is 5.24. The maximum atomic E-state index is 5.24. The highest BCUT2D eigenvalue weighted by atomic mass is 16.5. The minimum Gasteiger partial charge on any atom is -0.338 e. The summed E-state index contributed by atoms with van der Waals surface area (Å²) >= 11 is 0. The topological polar surface area (TPSA) is 68.8 Å². The molecule has 0 aliphatic heterocycles. The largest absolute Gasteiger partial charge is 0.338 e. The Kier molecular flexibility index (Phi) is 5.29. The van der Waals surface area contributed by atoms with E-state index in [1.165, 1.54) is 0 Å². The molecule has 0 spiro atoms. The van der Waals surface area contributed by atoms with Crippen molar-refractivity contribution in [2.24, 2.45) is 0 Å². The first-order chi connectivity index (χ1) is 9.70. The molecule has 0 radical (unpaired) electrons. The van der Waals surface area contributed by atoms with E-state index in [0.29, 0.717) is 12.4 Å². The van der Waals surface area contributed by atoms with E-state index in [0.717, 1.165) is 25.1 Å². The highest BCUT2D eigenvalue weighted by Gasteiger charge is 2.15. The molecule has 2 aromatic rings. The number of nitrogens with one attached hydrogen (secondary N) is 1. The van der Waals surface area contributed by atoms with Gasteiger partial charge in [0.25, 0.3) is 0 Å². The number of nitrogens with zero attached hydrogens (tertiary/aromatic N) is 4. The fraction of sp³-hybridized carbons (Fsp3) is 0.643. The van der Waals surface area contributed by atoms with Crippen molar-refractivity contribution < 1.29 is 4.52 Å². The van der Waals surface area contributed by atoms with Gasteiger partial charge in [0.05, 0.1) is 12.6 Å². The van der Waals surface area contributed by atoms with Crippen molar-refractivity contribution in [3.8, 4) is 0 Å². The van der Waals surface area contributed by atoms with Crippen LogP contribution in [0.2, 0.25) is 0 Å². The molecule has 0 saturated heterocycles. The fourth-order valence-electron chi connectivity index (χ4n) is 1.97. The van der Waals surface area contributed by atoms with Crippen LogP contribution in [0.1, 0.15) is 51.4 Å². The Morgan fingerprint density at radius 2 is 2.25 bits per heavy atom. The Morgan fingerprint density at radius 1 is 1.40 bits per heavy atom. The van der Waals surface area contributed by atoms with Crippen LogP contribution in [0.15, 0.2) is 23.0 Å². The van der Waals surface area contributed by atoms with Crippen LogP contribution in [-0.4, -0.2) is 26.0 Å². The predicted octanol–water partition coefficient (Wildman–Crippen LogP) is 2.35. The fourth-order valence-corrected chi connectivity index (χ4v) is 1.97. The molecule has 6 nitrogen and oxygen atoms in total. The van der Waals surface area contributed by atoms with Crippen molar-refractivity contribution in [2.75, 3.05) is 0 Å². The van der Waals surface area contributed by atoms with Gasteiger partial charge in [0.1, 0.15) is 0 Å². The molecule has 0 unspecified atom stereocenters. The van der Waals surface area contributed by atoms with Crippen molar-refractivity contribution in [2.45, 2.75) is 58.7 Å². The molecule has 2 atom stereocenters. The second-order valence-electron chi connectivity index (χ2n) is 5.10. The van der Waals surface area contributed by atoms with Crippen molar-refractivity contribution >= 4 is 0 Å².